The number of benzene rings is 2. The van der Waals surface area contributed by atoms with Gasteiger partial charge in [0.05, 0.1) is 50.2 Å². The van der Waals surface area contributed by atoms with Gasteiger partial charge in [-0.05, 0) is 61.7 Å². The molecule has 0 aliphatic carbocycles. The molecule has 10 heteroatoms. The predicted molar refractivity (Wildman–Crippen MR) is 149 cm³/mol. The van der Waals surface area contributed by atoms with Gasteiger partial charge in [-0.2, -0.15) is 0 Å². The second-order valence-electron chi connectivity index (χ2n) is 8.51. The molecule has 0 N–H and O–H groups in total. The fraction of sp³-hybridized carbons (Fsp3) is 0.345. The van der Waals surface area contributed by atoms with Crippen LogP contribution in [0.25, 0.3) is 6.08 Å². The fourth-order valence-electron chi connectivity index (χ4n) is 4.24. The van der Waals surface area contributed by atoms with E-state index in [4.69, 9.17) is 23.7 Å². The highest BCUT2D eigenvalue weighted by molar-refractivity contribution is 7.07. The Morgan fingerprint density at radius 3 is 2.38 bits per heavy atom. The lowest BCUT2D eigenvalue weighted by Crippen LogP contribution is -2.39. The molecule has 2 heterocycles. The molecule has 2 aromatic carbocycles. The Balaban J connectivity index is 1.84. The Morgan fingerprint density at radius 1 is 0.974 bits per heavy atom. The van der Waals surface area contributed by atoms with Gasteiger partial charge in [0.2, 0.25) is 0 Å². The van der Waals surface area contributed by atoms with E-state index in [1.54, 1.807) is 25.3 Å². The van der Waals surface area contributed by atoms with Crippen LogP contribution < -0.4 is 33.8 Å². The summed E-state index contributed by atoms with van der Waals surface area (Å²) >= 11 is 1.24. The summed E-state index contributed by atoms with van der Waals surface area (Å²) in [6, 6.07) is 10.1. The smallest absolute Gasteiger partial charge is 0.337 e. The van der Waals surface area contributed by atoms with Crippen LogP contribution >= 0.6 is 11.3 Å². The first kappa shape index (κ1) is 28.0. The lowest BCUT2D eigenvalue weighted by molar-refractivity contribution is -0.136. The van der Waals surface area contributed by atoms with Crippen LogP contribution in [0, 0.1) is 0 Å². The van der Waals surface area contributed by atoms with Crippen molar-refractivity contribution in [3.63, 3.8) is 0 Å². The van der Waals surface area contributed by atoms with Crippen molar-refractivity contribution in [1.82, 2.24) is 4.57 Å². The van der Waals surface area contributed by atoms with Gasteiger partial charge in [-0.15, -0.1) is 0 Å². The number of nitrogens with zero attached hydrogens (tertiary/aromatic N) is 2. The minimum Gasteiger partial charge on any atom is -0.493 e. The largest absolute Gasteiger partial charge is 0.493 e. The van der Waals surface area contributed by atoms with Gasteiger partial charge < -0.3 is 23.7 Å². The average Bonchev–Trinajstić information content (AvgIpc) is 3.27. The molecule has 0 bridgehead atoms. The zero-order chi connectivity index (χ0) is 27.9. The summed E-state index contributed by atoms with van der Waals surface area (Å²) < 4.78 is 29.8. The third-order valence-electron chi connectivity index (χ3n) is 5.96. The molecule has 0 unspecified atom stereocenters. The van der Waals surface area contributed by atoms with Crippen LogP contribution in [0.2, 0.25) is 0 Å². The zero-order valence-corrected chi connectivity index (χ0v) is 23.5. The second kappa shape index (κ2) is 12.7. The van der Waals surface area contributed by atoms with E-state index in [1.807, 2.05) is 45.0 Å². The van der Waals surface area contributed by atoms with E-state index in [0.717, 1.165) is 12.0 Å². The molecule has 0 spiro atoms. The normalized spacial score (nSPS) is 14.6. The van der Waals surface area contributed by atoms with Crippen molar-refractivity contribution in [2.75, 3.05) is 34.0 Å². The molecule has 1 aliphatic rings. The maximum atomic E-state index is 13.8. The zero-order valence-electron chi connectivity index (χ0n) is 22.7. The number of hydrogen-bond acceptors (Lipinski definition) is 9. The first-order valence-electron chi connectivity index (χ1n) is 12.7. The number of rotatable bonds is 11. The molecule has 0 radical (unpaired) electrons. The highest BCUT2D eigenvalue weighted by Crippen LogP contribution is 2.35. The summed E-state index contributed by atoms with van der Waals surface area (Å²) in [5.74, 6) is 1.75. The van der Waals surface area contributed by atoms with Crippen LogP contribution in [0.5, 0.6) is 23.0 Å². The number of ether oxygens (including phenoxy) is 5. The monoisotopic (exact) mass is 552 g/mol. The molecule has 0 saturated heterocycles. The van der Waals surface area contributed by atoms with Gasteiger partial charge in [0.1, 0.15) is 0 Å². The first-order valence-corrected chi connectivity index (χ1v) is 13.6. The molecule has 0 fully saturated rings. The Hall–Kier alpha value is -4.05. The third-order valence-corrected chi connectivity index (χ3v) is 6.95. The van der Waals surface area contributed by atoms with Gasteiger partial charge in [-0.1, -0.05) is 30.4 Å². The summed E-state index contributed by atoms with van der Waals surface area (Å²) in [5.41, 5.74) is 1.39. The number of hydrogen-bond donors (Lipinski definition) is 0. The molecule has 4 rings (SSSR count). The van der Waals surface area contributed by atoms with Gasteiger partial charge >= 0.3 is 5.97 Å². The number of esters is 1. The molecule has 9 nitrogen and oxygen atoms in total. The van der Waals surface area contributed by atoms with Crippen molar-refractivity contribution < 1.29 is 28.5 Å². The number of thiazole rings is 1. The minimum absolute atomic E-state index is 0.238. The molecular formula is C29H32N2O7S. The maximum Gasteiger partial charge on any atom is 0.337 e. The Kier molecular flexibility index (Phi) is 9.08. The van der Waals surface area contributed by atoms with E-state index >= 15 is 0 Å². The van der Waals surface area contributed by atoms with Crippen molar-refractivity contribution in [2.45, 2.75) is 33.2 Å². The van der Waals surface area contributed by atoms with Crippen molar-refractivity contribution in [2.24, 2.45) is 4.99 Å². The van der Waals surface area contributed by atoms with Gasteiger partial charge in [-0.25, -0.2) is 9.79 Å². The van der Waals surface area contributed by atoms with Crippen molar-refractivity contribution in [3.05, 3.63) is 79.0 Å². The van der Waals surface area contributed by atoms with Gasteiger partial charge in [0.25, 0.3) is 5.56 Å². The van der Waals surface area contributed by atoms with E-state index in [-0.39, 0.29) is 11.1 Å². The molecular weight excluding hydrogens is 520 g/mol. The summed E-state index contributed by atoms with van der Waals surface area (Å²) in [6.07, 6.45) is 4.12. The van der Waals surface area contributed by atoms with Crippen LogP contribution in [-0.4, -0.2) is 44.6 Å². The van der Waals surface area contributed by atoms with Crippen LogP contribution in [-0.2, 0) is 9.53 Å². The molecule has 1 aromatic heterocycles. The summed E-state index contributed by atoms with van der Waals surface area (Å²) in [7, 11) is 2.88. The Labute approximate surface area is 230 Å². The maximum absolute atomic E-state index is 13.8. The third kappa shape index (κ3) is 5.85. The number of aromatic nitrogens is 1. The number of carbonyl (C=O) groups excluding carboxylic acids is 1. The lowest BCUT2D eigenvalue weighted by atomic mass is 9.97. The van der Waals surface area contributed by atoms with E-state index in [2.05, 4.69) is 4.99 Å². The Morgan fingerprint density at radius 2 is 1.69 bits per heavy atom. The molecule has 0 amide bonds. The van der Waals surface area contributed by atoms with Crippen molar-refractivity contribution in [1.29, 1.82) is 0 Å². The van der Waals surface area contributed by atoms with Crippen molar-refractivity contribution >= 4 is 23.4 Å². The van der Waals surface area contributed by atoms with Crippen LogP contribution in [0.3, 0.4) is 0 Å². The standard InChI is InChI=1S/C29H32N2O7S/c1-6-13-38-21-11-9-18(14-23(21)34-4)15-25-27(32)31-26(20(28(33)35-5)17-30-29(31)39-25)19-10-12-22(36-7-2)24(16-19)37-8-3/h9-12,14-17,26H,6-8,13H2,1-5H3/b25-15-/t26-/m1/s1. The van der Waals surface area contributed by atoms with E-state index < -0.39 is 12.0 Å². The molecule has 206 valence electrons. The van der Waals surface area contributed by atoms with Crippen LogP contribution in [0.15, 0.2) is 58.0 Å². The number of fused-ring (bicyclic) bond motifs is 1. The number of methoxy groups -OCH3 is 2. The Bertz CT molecular complexity index is 1550. The fourth-order valence-corrected chi connectivity index (χ4v) is 5.21. The SMILES string of the molecule is CCCOc1ccc(/C=c2\sc3n(c2=O)[C@H](c2ccc(OCC)c(OCC)c2)C(C(=O)OC)=CN=3)cc1OC. The quantitative estimate of drug-likeness (QED) is 0.335. The lowest BCUT2D eigenvalue weighted by Gasteiger charge is -2.23. The second-order valence-corrected chi connectivity index (χ2v) is 9.52. The number of carbonyl (C=O) groups is 1. The van der Waals surface area contributed by atoms with E-state index in [0.29, 0.717) is 57.7 Å². The summed E-state index contributed by atoms with van der Waals surface area (Å²) in [5, 5.41) is 0. The molecule has 3 aromatic rings. The molecule has 39 heavy (non-hydrogen) atoms. The van der Waals surface area contributed by atoms with Gasteiger partial charge in [0.15, 0.2) is 27.8 Å². The summed E-state index contributed by atoms with van der Waals surface area (Å²) in [4.78, 5) is 31.5. The van der Waals surface area contributed by atoms with Gasteiger partial charge in [-0.3, -0.25) is 9.36 Å². The molecule has 1 atom stereocenters. The first-order chi connectivity index (χ1) is 18.9. The van der Waals surface area contributed by atoms with E-state index in [9.17, 15) is 9.59 Å². The predicted octanol–water partition coefficient (Wildman–Crippen LogP) is 3.61. The van der Waals surface area contributed by atoms with Gasteiger partial charge in [0, 0.05) is 6.20 Å². The summed E-state index contributed by atoms with van der Waals surface area (Å²) in [6.45, 7) is 7.28. The van der Waals surface area contributed by atoms with Crippen LogP contribution in [0.1, 0.15) is 44.4 Å². The highest BCUT2D eigenvalue weighted by Gasteiger charge is 2.31. The highest BCUT2D eigenvalue weighted by atomic mass is 32.1. The average molecular weight is 553 g/mol. The van der Waals surface area contributed by atoms with Crippen LogP contribution in [0.4, 0.5) is 0 Å². The topological polar surface area (TPSA) is 97.6 Å². The molecule has 0 saturated carbocycles. The minimum atomic E-state index is -0.759. The van der Waals surface area contributed by atoms with Crippen molar-refractivity contribution in [3.8, 4) is 23.0 Å². The molecule has 1 aliphatic heterocycles. The van der Waals surface area contributed by atoms with E-state index in [1.165, 1.54) is 29.2 Å².